The average molecular weight is 313 g/mol. The number of carboxylic acid groups (broad SMARTS) is 1. The van der Waals surface area contributed by atoms with Gasteiger partial charge in [0, 0.05) is 31.2 Å². The Balaban J connectivity index is 2.19. The number of thioether (sulfide) groups is 1. The quantitative estimate of drug-likeness (QED) is 0.306. The molecular formula is C12H15N3O5S. The van der Waals surface area contributed by atoms with Crippen molar-refractivity contribution in [2.45, 2.75) is 24.3 Å². The highest BCUT2D eigenvalue weighted by Crippen LogP contribution is 2.18. The monoisotopic (exact) mass is 313 g/mol. The van der Waals surface area contributed by atoms with Gasteiger partial charge < -0.3 is 10.4 Å². The van der Waals surface area contributed by atoms with Crippen molar-refractivity contribution < 1.29 is 19.6 Å². The molecule has 0 saturated heterocycles. The van der Waals surface area contributed by atoms with Crippen LogP contribution in [0.25, 0.3) is 0 Å². The van der Waals surface area contributed by atoms with Gasteiger partial charge in [0.25, 0.3) is 5.69 Å². The zero-order chi connectivity index (χ0) is 15.7. The number of nitro groups is 1. The highest BCUT2D eigenvalue weighted by Gasteiger charge is 2.07. The van der Waals surface area contributed by atoms with E-state index in [9.17, 15) is 19.7 Å². The van der Waals surface area contributed by atoms with E-state index < -0.39 is 10.9 Å². The molecule has 0 spiro atoms. The molecule has 0 unspecified atom stereocenters. The molecule has 0 atom stereocenters. The topological polar surface area (TPSA) is 122 Å². The van der Waals surface area contributed by atoms with Gasteiger partial charge >= 0.3 is 5.97 Å². The molecule has 8 nitrogen and oxygen atoms in total. The van der Waals surface area contributed by atoms with Crippen LogP contribution in [0, 0.1) is 10.1 Å². The number of aromatic nitrogens is 1. The van der Waals surface area contributed by atoms with Crippen molar-refractivity contribution in [3.05, 3.63) is 28.4 Å². The lowest BCUT2D eigenvalue weighted by molar-refractivity contribution is -0.385. The summed E-state index contributed by atoms with van der Waals surface area (Å²) < 4.78 is 0. The molecule has 1 aromatic rings. The predicted molar refractivity (Wildman–Crippen MR) is 76.1 cm³/mol. The summed E-state index contributed by atoms with van der Waals surface area (Å²) in [5.74, 6) is -0.547. The van der Waals surface area contributed by atoms with E-state index in [0.29, 0.717) is 23.7 Å². The summed E-state index contributed by atoms with van der Waals surface area (Å²) in [4.78, 5) is 35.6. The van der Waals surface area contributed by atoms with E-state index >= 15 is 0 Å². The average Bonchev–Trinajstić information content (AvgIpc) is 2.44. The zero-order valence-corrected chi connectivity index (χ0v) is 12.0. The molecule has 0 fully saturated rings. The maximum Gasteiger partial charge on any atom is 0.303 e. The van der Waals surface area contributed by atoms with E-state index in [0.717, 1.165) is 0 Å². The molecule has 9 heteroatoms. The number of hydrogen-bond donors (Lipinski definition) is 2. The van der Waals surface area contributed by atoms with Crippen LogP contribution in [0.4, 0.5) is 5.69 Å². The fourth-order valence-electron chi connectivity index (χ4n) is 1.37. The fraction of sp³-hybridized carbons (Fsp3) is 0.417. The predicted octanol–water partition coefficient (Wildman–Crippen LogP) is 1.45. The first-order valence-corrected chi connectivity index (χ1v) is 7.19. The van der Waals surface area contributed by atoms with Crippen LogP contribution in [-0.4, -0.2) is 39.2 Å². The summed E-state index contributed by atoms with van der Waals surface area (Å²) in [6, 6.07) is 2.90. The maximum atomic E-state index is 11.4. The Morgan fingerprint density at radius 3 is 2.71 bits per heavy atom. The molecule has 0 saturated carbocycles. The number of carbonyl (C=O) groups is 2. The van der Waals surface area contributed by atoms with Gasteiger partial charge in [-0.15, -0.1) is 11.8 Å². The number of hydrogen-bond acceptors (Lipinski definition) is 6. The van der Waals surface area contributed by atoms with Crippen molar-refractivity contribution in [3.8, 4) is 0 Å². The standard InChI is InChI=1S/C12H15N3O5S/c16-10(13-6-1-2-12(17)18)5-7-21-11-4-3-9(8-14-11)15(19)20/h3-4,8H,1-2,5-7H2,(H,13,16)(H,17,18). The van der Waals surface area contributed by atoms with Crippen molar-refractivity contribution in [3.63, 3.8) is 0 Å². The largest absolute Gasteiger partial charge is 0.481 e. The smallest absolute Gasteiger partial charge is 0.303 e. The number of nitrogens with one attached hydrogen (secondary N) is 1. The molecule has 114 valence electrons. The third kappa shape index (κ3) is 7.25. The number of aliphatic carboxylic acids is 1. The second-order valence-electron chi connectivity index (χ2n) is 4.06. The lowest BCUT2D eigenvalue weighted by Crippen LogP contribution is -2.25. The Labute approximate surface area is 125 Å². The van der Waals surface area contributed by atoms with Gasteiger partial charge in [0.2, 0.25) is 5.91 Å². The molecule has 21 heavy (non-hydrogen) atoms. The third-order valence-electron chi connectivity index (χ3n) is 2.40. The molecule has 1 heterocycles. The van der Waals surface area contributed by atoms with Crippen LogP contribution >= 0.6 is 11.8 Å². The van der Waals surface area contributed by atoms with Crippen LogP contribution in [0.2, 0.25) is 0 Å². The summed E-state index contributed by atoms with van der Waals surface area (Å²) in [7, 11) is 0. The molecule has 0 bridgehead atoms. The second-order valence-corrected chi connectivity index (χ2v) is 5.17. The number of pyridine rings is 1. The summed E-state index contributed by atoms with van der Waals surface area (Å²) in [6.45, 7) is 0.339. The van der Waals surface area contributed by atoms with E-state index in [-0.39, 0.29) is 24.4 Å². The Morgan fingerprint density at radius 2 is 2.14 bits per heavy atom. The van der Waals surface area contributed by atoms with Gasteiger partial charge in [0.15, 0.2) is 0 Å². The van der Waals surface area contributed by atoms with Crippen LogP contribution in [-0.2, 0) is 9.59 Å². The second kappa shape index (κ2) is 8.90. The molecule has 0 aromatic carbocycles. The SMILES string of the molecule is O=C(O)CCCNC(=O)CCSc1ccc([N+](=O)[O-])cn1. The summed E-state index contributed by atoms with van der Waals surface area (Å²) >= 11 is 1.32. The first kappa shape index (κ1) is 16.9. The van der Waals surface area contributed by atoms with Crippen molar-refractivity contribution in [1.82, 2.24) is 10.3 Å². The van der Waals surface area contributed by atoms with Crippen LogP contribution in [0.1, 0.15) is 19.3 Å². The van der Waals surface area contributed by atoms with E-state index in [4.69, 9.17) is 5.11 Å². The number of carboxylic acids is 1. The fourth-order valence-corrected chi connectivity index (χ4v) is 2.16. The molecule has 0 aliphatic rings. The van der Waals surface area contributed by atoms with Crippen LogP contribution in [0.3, 0.4) is 0 Å². The van der Waals surface area contributed by atoms with E-state index in [1.165, 1.54) is 30.1 Å². The van der Waals surface area contributed by atoms with E-state index in [1.807, 2.05) is 0 Å². The maximum absolute atomic E-state index is 11.4. The Morgan fingerprint density at radius 1 is 1.38 bits per heavy atom. The molecule has 1 rings (SSSR count). The van der Waals surface area contributed by atoms with Crippen molar-refractivity contribution in [2.75, 3.05) is 12.3 Å². The Kier molecular flexibility index (Phi) is 7.16. The van der Waals surface area contributed by atoms with E-state index in [2.05, 4.69) is 10.3 Å². The normalized spacial score (nSPS) is 10.1. The summed E-state index contributed by atoms with van der Waals surface area (Å²) in [5, 5.41) is 22.1. The number of nitrogens with zero attached hydrogens (tertiary/aromatic N) is 2. The van der Waals surface area contributed by atoms with Crippen LogP contribution < -0.4 is 5.32 Å². The van der Waals surface area contributed by atoms with Gasteiger partial charge in [-0.1, -0.05) is 0 Å². The number of amides is 1. The van der Waals surface area contributed by atoms with E-state index in [1.54, 1.807) is 0 Å². The highest BCUT2D eigenvalue weighted by atomic mass is 32.2. The van der Waals surface area contributed by atoms with Crippen molar-refractivity contribution in [1.29, 1.82) is 0 Å². The van der Waals surface area contributed by atoms with Gasteiger partial charge in [0.1, 0.15) is 6.20 Å². The lowest BCUT2D eigenvalue weighted by Gasteiger charge is -2.04. The highest BCUT2D eigenvalue weighted by molar-refractivity contribution is 7.99. The summed E-state index contributed by atoms with van der Waals surface area (Å²) in [5.41, 5.74) is -0.0736. The molecule has 0 aliphatic carbocycles. The van der Waals surface area contributed by atoms with Gasteiger partial charge in [0.05, 0.1) is 9.95 Å². The minimum absolute atomic E-state index is 0.0295. The molecule has 2 N–H and O–H groups in total. The number of carbonyl (C=O) groups excluding carboxylic acids is 1. The summed E-state index contributed by atoms with van der Waals surface area (Å²) in [6.07, 6.45) is 1.88. The van der Waals surface area contributed by atoms with Crippen LogP contribution in [0.15, 0.2) is 23.4 Å². The van der Waals surface area contributed by atoms with Crippen LogP contribution in [0.5, 0.6) is 0 Å². The Bertz CT molecular complexity index is 506. The Hall–Kier alpha value is -2.16. The molecule has 0 radical (unpaired) electrons. The first-order chi connectivity index (χ1) is 9.99. The van der Waals surface area contributed by atoms with Gasteiger partial charge in [-0.2, -0.15) is 0 Å². The van der Waals surface area contributed by atoms with Gasteiger partial charge in [-0.05, 0) is 12.5 Å². The lowest BCUT2D eigenvalue weighted by atomic mass is 10.3. The molecule has 1 amide bonds. The van der Waals surface area contributed by atoms with Crippen molar-refractivity contribution in [2.24, 2.45) is 0 Å². The number of rotatable bonds is 9. The first-order valence-electron chi connectivity index (χ1n) is 6.21. The van der Waals surface area contributed by atoms with Crippen molar-refractivity contribution >= 4 is 29.3 Å². The third-order valence-corrected chi connectivity index (χ3v) is 3.35. The van der Waals surface area contributed by atoms with Gasteiger partial charge in [-0.25, -0.2) is 4.98 Å². The molecular weight excluding hydrogens is 298 g/mol. The minimum Gasteiger partial charge on any atom is -0.481 e. The molecule has 0 aliphatic heterocycles. The van der Waals surface area contributed by atoms with Gasteiger partial charge in [-0.3, -0.25) is 19.7 Å². The molecule has 1 aromatic heterocycles. The zero-order valence-electron chi connectivity index (χ0n) is 11.2. The minimum atomic E-state index is -0.885.